The lowest BCUT2D eigenvalue weighted by atomic mass is 10.2. The quantitative estimate of drug-likeness (QED) is 0.807. The molecule has 0 fully saturated rings. The lowest BCUT2D eigenvalue weighted by molar-refractivity contribution is 0.199. The van der Waals surface area contributed by atoms with Crippen LogP contribution in [0.15, 0.2) is 24.4 Å². The van der Waals surface area contributed by atoms with Crippen molar-refractivity contribution in [1.29, 1.82) is 0 Å². The fourth-order valence-corrected chi connectivity index (χ4v) is 2.26. The molecule has 0 bridgehead atoms. The van der Waals surface area contributed by atoms with Crippen molar-refractivity contribution in [2.24, 2.45) is 5.92 Å². The van der Waals surface area contributed by atoms with Gasteiger partial charge in [0.2, 0.25) is 0 Å². The van der Waals surface area contributed by atoms with Gasteiger partial charge < -0.3 is 5.11 Å². The van der Waals surface area contributed by atoms with E-state index in [1.807, 2.05) is 30.0 Å². The number of pyridine rings is 1. The zero-order chi connectivity index (χ0) is 11.1. The Morgan fingerprint density at radius 3 is 2.73 bits per heavy atom. The molecule has 0 aliphatic carbocycles. The molecule has 0 amide bonds. The molecule has 1 unspecified atom stereocenters. The van der Waals surface area contributed by atoms with E-state index in [1.54, 1.807) is 6.20 Å². The maximum Gasteiger partial charge on any atom is 0.0685 e. The van der Waals surface area contributed by atoms with Gasteiger partial charge in [0.15, 0.2) is 0 Å². The standard InChI is InChI=1S/C12H19NOS/c1-10(2)8-15-9-12(14)7-11-5-3-4-6-13-11/h3-6,10,12,14H,7-9H2,1-2H3. The molecule has 1 rings (SSSR count). The van der Waals surface area contributed by atoms with Gasteiger partial charge in [0.25, 0.3) is 0 Å². The van der Waals surface area contributed by atoms with Crippen molar-refractivity contribution in [2.45, 2.75) is 26.4 Å². The molecule has 15 heavy (non-hydrogen) atoms. The average molecular weight is 225 g/mol. The molecular weight excluding hydrogens is 206 g/mol. The van der Waals surface area contributed by atoms with Crippen molar-refractivity contribution < 1.29 is 5.11 Å². The van der Waals surface area contributed by atoms with Crippen molar-refractivity contribution in [1.82, 2.24) is 4.98 Å². The van der Waals surface area contributed by atoms with Crippen LogP contribution in [0.25, 0.3) is 0 Å². The predicted molar refractivity (Wildman–Crippen MR) is 66.1 cm³/mol. The Labute approximate surface area is 96.1 Å². The van der Waals surface area contributed by atoms with Crippen LogP contribution in [0.5, 0.6) is 0 Å². The number of hydrogen-bond donors (Lipinski definition) is 1. The van der Waals surface area contributed by atoms with Gasteiger partial charge in [-0.2, -0.15) is 11.8 Å². The first kappa shape index (κ1) is 12.5. The van der Waals surface area contributed by atoms with E-state index in [2.05, 4.69) is 18.8 Å². The third-order valence-electron chi connectivity index (χ3n) is 1.93. The van der Waals surface area contributed by atoms with E-state index < -0.39 is 0 Å². The molecule has 0 saturated heterocycles. The topological polar surface area (TPSA) is 33.1 Å². The summed E-state index contributed by atoms with van der Waals surface area (Å²) < 4.78 is 0. The average Bonchev–Trinajstić information content (AvgIpc) is 2.18. The summed E-state index contributed by atoms with van der Waals surface area (Å²) in [5.74, 6) is 2.60. The first-order chi connectivity index (χ1) is 7.18. The number of thioether (sulfide) groups is 1. The van der Waals surface area contributed by atoms with Crippen LogP contribution in [0, 0.1) is 5.92 Å². The second kappa shape index (κ2) is 6.85. The number of hydrogen-bond acceptors (Lipinski definition) is 3. The highest BCUT2D eigenvalue weighted by molar-refractivity contribution is 7.99. The Morgan fingerprint density at radius 1 is 1.33 bits per heavy atom. The molecule has 0 radical (unpaired) electrons. The Balaban J connectivity index is 2.21. The molecule has 3 heteroatoms. The summed E-state index contributed by atoms with van der Waals surface area (Å²) in [5.41, 5.74) is 0.968. The second-order valence-electron chi connectivity index (χ2n) is 4.11. The van der Waals surface area contributed by atoms with Gasteiger partial charge in [-0.05, 0) is 23.8 Å². The molecule has 1 aromatic rings. The molecule has 0 aliphatic heterocycles. The molecule has 2 nitrogen and oxygen atoms in total. The van der Waals surface area contributed by atoms with Crippen LogP contribution in [0.3, 0.4) is 0 Å². The van der Waals surface area contributed by atoms with Crippen LogP contribution in [-0.4, -0.2) is 27.7 Å². The van der Waals surface area contributed by atoms with Crippen LogP contribution < -0.4 is 0 Å². The Bertz CT molecular complexity index is 264. The fraction of sp³-hybridized carbons (Fsp3) is 0.583. The number of aliphatic hydroxyl groups is 1. The molecule has 84 valence electrons. The molecule has 0 aromatic carbocycles. The van der Waals surface area contributed by atoms with Gasteiger partial charge in [-0.15, -0.1) is 0 Å². The highest BCUT2D eigenvalue weighted by Crippen LogP contribution is 2.11. The monoisotopic (exact) mass is 225 g/mol. The maximum absolute atomic E-state index is 9.75. The summed E-state index contributed by atoms with van der Waals surface area (Å²) in [6.07, 6.45) is 2.15. The molecule has 1 atom stereocenters. The zero-order valence-electron chi connectivity index (χ0n) is 9.39. The normalized spacial score (nSPS) is 13.1. The van der Waals surface area contributed by atoms with Gasteiger partial charge in [-0.25, -0.2) is 0 Å². The smallest absolute Gasteiger partial charge is 0.0685 e. The summed E-state index contributed by atoms with van der Waals surface area (Å²) in [4.78, 5) is 4.19. The molecule has 1 aromatic heterocycles. The van der Waals surface area contributed by atoms with Crippen molar-refractivity contribution in [3.05, 3.63) is 30.1 Å². The van der Waals surface area contributed by atoms with E-state index in [1.165, 1.54) is 0 Å². The first-order valence-electron chi connectivity index (χ1n) is 5.34. The predicted octanol–water partition coefficient (Wildman–Crippen LogP) is 2.37. The van der Waals surface area contributed by atoms with Gasteiger partial charge >= 0.3 is 0 Å². The Hall–Kier alpha value is -0.540. The van der Waals surface area contributed by atoms with Crippen LogP contribution in [-0.2, 0) is 6.42 Å². The molecule has 0 spiro atoms. The lowest BCUT2D eigenvalue weighted by Gasteiger charge is -2.10. The van der Waals surface area contributed by atoms with Gasteiger partial charge in [0.1, 0.15) is 0 Å². The summed E-state index contributed by atoms with van der Waals surface area (Å²) >= 11 is 1.81. The van der Waals surface area contributed by atoms with Gasteiger partial charge in [-0.3, -0.25) is 4.98 Å². The SMILES string of the molecule is CC(C)CSCC(O)Cc1ccccn1. The lowest BCUT2D eigenvalue weighted by Crippen LogP contribution is -2.15. The largest absolute Gasteiger partial charge is 0.392 e. The van der Waals surface area contributed by atoms with E-state index in [0.29, 0.717) is 12.3 Å². The fourth-order valence-electron chi connectivity index (χ4n) is 1.26. The molecular formula is C12H19NOS. The van der Waals surface area contributed by atoms with E-state index in [0.717, 1.165) is 17.2 Å². The van der Waals surface area contributed by atoms with E-state index in [4.69, 9.17) is 0 Å². The van der Waals surface area contributed by atoms with E-state index in [9.17, 15) is 5.11 Å². The van der Waals surface area contributed by atoms with Crippen molar-refractivity contribution >= 4 is 11.8 Å². The minimum Gasteiger partial charge on any atom is -0.392 e. The number of nitrogens with zero attached hydrogens (tertiary/aromatic N) is 1. The summed E-state index contributed by atoms with van der Waals surface area (Å²) in [5, 5.41) is 9.75. The van der Waals surface area contributed by atoms with Gasteiger partial charge in [0.05, 0.1) is 6.10 Å². The minimum absolute atomic E-state index is 0.274. The molecule has 0 aliphatic rings. The van der Waals surface area contributed by atoms with E-state index >= 15 is 0 Å². The summed E-state index contributed by atoms with van der Waals surface area (Å²) in [7, 11) is 0. The van der Waals surface area contributed by atoms with Crippen LogP contribution in [0.4, 0.5) is 0 Å². The summed E-state index contributed by atoms with van der Waals surface area (Å²) in [6.45, 7) is 4.39. The van der Waals surface area contributed by atoms with Crippen molar-refractivity contribution in [3.8, 4) is 0 Å². The molecule has 1 N–H and O–H groups in total. The van der Waals surface area contributed by atoms with Gasteiger partial charge in [0, 0.05) is 24.1 Å². The Kier molecular flexibility index (Phi) is 5.73. The van der Waals surface area contributed by atoms with Crippen molar-refractivity contribution in [2.75, 3.05) is 11.5 Å². The molecule has 0 saturated carbocycles. The van der Waals surface area contributed by atoms with E-state index in [-0.39, 0.29) is 6.10 Å². The van der Waals surface area contributed by atoms with Crippen LogP contribution in [0.1, 0.15) is 19.5 Å². The third kappa shape index (κ3) is 5.80. The number of rotatable bonds is 6. The first-order valence-corrected chi connectivity index (χ1v) is 6.49. The highest BCUT2D eigenvalue weighted by atomic mass is 32.2. The zero-order valence-corrected chi connectivity index (χ0v) is 10.2. The van der Waals surface area contributed by atoms with Crippen LogP contribution in [0.2, 0.25) is 0 Å². The maximum atomic E-state index is 9.75. The number of aromatic nitrogens is 1. The number of aliphatic hydroxyl groups excluding tert-OH is 1. The highest BCUT2D eigenvalue weighted by Gasteiger charge is 2.06. The Morgan fingerprint density at radius 2 is 2.13 bits per heavy atom. The van der Waals surface area contributed by atoms with Crippen molar-refractivity contribution in [3.63, 3.8) is 0 Å². The summed E-state index contributed by atoms with van der Waals surface area (Å²) in [6, 6.07) is 5.80. The second-order valence-corrected chi connectivity index (χ2v) is 5.19. The van der Waals surface area contributed by atoms with Gasteiger partial charge in [-0.1, -0.05) is 19.9 Å². The van der Waals surface area contributed by atoms with Crippen LogP contribution >= 0.6 is 11.8 Å². The molecule has 1 heterocycles. The third-order valence-corrected chi connectivity index (χ3v) is 3.46. The minimum atomic E-state index is -0.274.